The van der Waals surface area contributed by atoms with E-state index in [1.54, 1.807) is 0 Å². The maximum absolute atomic E-state index is 9.52. The Morgan fingerprint density at radius 2 is 0.978 bits per heavy atom. The average Bonchev–Trinajstić information content (AvgIpc) is 3.78. The maximum Gasteiger partial charge on any atom is 0.373 e. The first-order chi connectivity index (χ1) is 22.1. The molecule has 0 saturated heterocycles. The summed E-state index contributed by atoms with van der Waals surface area (Å²) in [5.41, 5.74) is 26.9. The predicted octanol–water partition coefficient (Wildman–Crippen LogP) is 2.35. The van der Waals surface area contributed by atoms with Crippen molar-refractivity contribution >= 4 is 12.1 Å². The van der Waals surface area contributed by atoms with Gasteiger partial charge in [0.1, 0.15) is 0 Å². The molecule has 0 amide bonds. The molecule has 0 unspecified atom stereocenters. The van der Waals surface area contributed by atoms with Gasteiger partial charge in [-0.15, -0.1) is 0 Å². The molecule has 0 bridgehead atoms. The van der Waals surface area contributed by atoms with Gasteiger partial charge in [0.25, 0.3) is 0 Å². The lowest BCUT2D eigenvalue weighted by Crippen LogP contribution is -2.22. The summed E-state index contributed by atoms with van der Waals surface area (Å²) in [6.07, 6.45) is 4.44. The lowest BCUT2D eigenvalue weighted by molar-refractivity contribution is -0.191. The highest BCUT2D eigenvalue weighted by Gasteiger charge is 2.22. The molecule has 3 aromatic rings. The zero-order valence-corrected chi connectivity index (χ0v) is 25.1. The molecule has 46 heavy (non-hydrogen) atoms. The van der Waals surface area contributed by atoms with Crippen LogP contribution in [-0.2, 0) is 33.6 Å². The molecule has 0 radical (unpaired) electrons. The van der Waals surface area contributed by atoms with E-state index >= 15 is 0 Å². The van der Waals surface area contributed by atoms with Gasteiger partial charge in [0.05, 0.1) is 41.5 Å². The van der Waals surface area contributed by atoms with Crippen molar-refractivity contribution in [3.63, 3.8) is 0 Å². The number of nitriles is 3. The highest BCUT2D eigenvalue weighted by molar-refractivity contribution is 5.71. The summed E-state index contributed by atoms with van der Waals surface area (Å²) in [6, 6.07) is 24.4. The van der Waals surface area contributed by atoms with Crippen LogP contribution in [0.3, 0.4) is 0 Å². The summed E-state index contributed by atoms with van der Waals surface area (Å²) < 4.78 is 0. The van der Waals surface area contributed by atoms with E-state index in [1.807, 2.05) is 54.6 Å². The second-order valence-corrected chi connectivity index (χ2v) is 10.5. The normalized spacial score (nSPS) is 18.0. The van der Waals surface area contributed by atoms with Crippen LogP contribution in [0.2, 0.25) is 0 Å². The van der Waals surface area contributed by atoms with Crippen LogP contribution in [0, 0.1) is 34.0 Å². The Balaban J connectivity index is 0.000000211. The second kappa shape index (κ2) is 18.6. The van der Waals surface area contributed by atoms with Crippen LogP contribution in [0.1, 0.15) is 87.5 Å². The Labute approximate surface area is 266 Å². The molecule has 238 valence electrons. The zero-order chi connectivity index (χ0) is 34.2. The van der Waals surface area contributed by atoms with Crippen molar-refractivity contribution in [1.82, 2.24) is 0 Å². The van der Waals surface area contributed by atoms with E-state index in [0.717, 1.165) is 88.6 Å². The van der Waals surface area contributed by atoms with Crippen LogP contribution in [0.4, 0.5) is 0 Å². The Hall–Kier alpha value is -5.22. The van der Waals surface area contributed by atoms with E-state index in [1.165, 1.54) is 0 Å². The first kappa shape index (κ1) is 37.0. The van der Waals surface area contributed by atoms with Gasteiger partial charge in [0.2, 0.25) is 0 Å². The van der Waals surface area contributed by atoms with Gasteiger partial charge in [0.15, 0.2) is 6.10 Å². The van der Waals surface area contributed by atoms with Gasteiger partial charge in [-0.3, -0.25) is 0 Å². The van der Waals surface area contributed by atoms with Crippen molar-refractivity contribution < 1.29 is 29.7 Å². The van der Waals surface area contributed by atoms with Gasteiger partial charge in [-0.1, -0.05) is 36.4 Å². The smallest absolute Gasteiger partial charge is 0.373 e. The number of carbonyl (C=O) groups is 1. The van der Waals surface area contributed by atoms with Crippen LogP contribution in [0.15, 0.2) is 54.6 Å². The molecular formula is C34H36N6O6. The number of rotatable bonds is 2. The number of hydrogen-bond acceptors (Lipinski definition) is 11. The summed E-state index contributed by atoms with van der Waals surface area (Å²) in [5, 5.41) is 50.1. The molecule has 0 heterocycles. The van der Waals surface area contributed by atoms with Gasteiger partial charge in [0, 0.05) is 18.1 Å². The minimum atomic E-state index is -1.63. The van der Waals surface area contributed by atoms with Crippen molar-refractivity contribution in [2.45, 2.75) is 62.8 Å². The minimum absolute atomic E-state index is 0.147. The second-order valence-electron chi connectivity index (χ2n) is 10.5. The number of carboxylic acids is 1. The molecule has 0 spiro atoms. The fourth-order valence-corrected chi connectivity index (χ4v) is 5.45. The Morgan fingerprint density at radius 3 is 1.17 bits per heavy atom. The van der Waals surface area contributed by atoms with Gasteiger partial charge in [-0.25, -0.2) is 4.79 Å². The minimum Gasteiger partial charge on any atom is -0.479 e. The van der Waals surface area contributed by atoms with Crippen LogP contribution in [0.5, 0.6) is 0 Å². The molecule has 9 N–H and O–H groups in total. The molecule has 0 fully saturated rings. The molecule has 6 rings (SSSR count). The number of benzene rings is 3. The first-order valence-corrected chi connectivity index (χ1v) is 14.4. The monoisotopic (exact) mass is 624 g/mol. The number of aliphatic carboxylic acids is 1. The molecule has 3 aliphatic rings. The van der Waals surface area contributed by atoms with Crippen LogP contribution in [-0.4, -0.2) is 40.2 Å². The lowest BCUT2D eigenvalue weighted by atomic mass is 10.0. The topological polar surface area (TPSA) is 261 Å². The molecular weight excluding hydrogens is 588 g/mol. The molecule has 12 nitrogen and oxygen atoms in total. The first-order valence-electron chi connectivity index (χ1n) is 14.4. The predicted molar refractivity (Wildman–Crippen MR) is 165 cm³/mol. The van der Waals surface area contributed by atoms with E-state index < -0.39 is 18.7 Å². The van der Waals surface area contributed by atoms with Crippen LogP contribution >= 0.6 is 0 Å². The lowest BCUT2D eigenvalue weighted by Gasteiger charge is -2.03. The third-order valence-electron chi connectivity index (χ3n) is 7.77. The van der Waals surface area contributed by atoms with Gasteiger partial charge in [-0.05, 0) is 90.1 Å². The average molecular weight is 625 g/mol. The fourth-order valence-electron chi connectivity index (χ4n) is 5.45. The standard InChI is InChI=1S/3C10H10N2.C3H6O4.CO2/c3*11-6-7-2-1-3-9-8(7)4-5-10(9)12;4-1-2(5)3(6)7;2-1-3/h3*1-3,10H,4-5,12H2;2,4-5H,1H2,(H,6,7);/t3*10-;2-;/m0001./s1. The number of aliphatic hydroxyl groups excluding tert-OH is 2. The molecule has 3 aliphatic carbocycles. The number of nitrogens with two attached hydrogens (primary N) is 3. The Kier molecular flexibility index (Phi) is 14.9. The van der Waals surface area contributed by atoms with E-state index in [0.29, 0.717) is 0 Å². The maximum atomic E-state index is 9.52. The van der Waals surface area contributed by atoms with Gasteiger partial charge >= 0.3 is 12.1 Å². The molecule has 4 atom stereocenters. The molecule has 3 aromatic carbocycles. The number of hydrogen-bond donors (Lipinski definition) is 6. The number of aliphatic hydroxyl groups is 2. The van der Waals surface area contributed by atoms with Crippen molar-refractivity contribution in [2.75, 3.05) is 6.61 Å². The van der Waals surface area contributed by atoms with Crippen molar-refractivity contribution in [3.8, 4) is 18.2 Å². The van der Waals surface area contributed by atoms with E-state index in [-0.39, 0.29) is 24.3 Å². The van der Waals surface area contributed by atoms with E-state index in [2.05, 4.69) is 18.2 Å². The summed E-state index contributed by atoms with van der Waals surface area (Å²) in [6.45, 7) is -0.727. The van der Waals surface area contributed by atoms with Crippen LogP contribution < -0.4 is 17.2 Å². The van der Waals surface area contributed by atoms with Gasteiger partial charge in [-0.2, -0.15) is 25.4 Å². The quantitative estimate of drug-likeness (QED) is 0.240. The fraction of sp³-hybridized carbons (Fsp3) is 0.324. The Morgan fingerprint density at radius 1 is 0.696 bits per heavy atom. The van der Waals surface area contributed by atoms with Crippen molar-refractivity contribution in [2.24, 2.45) is 17.2 Å². The Bertz CT molecular complexity index is 1500. The third kappa shape index (κ3) is 9.64. The highest BCUT2D eigenvalue weighted by atomic mass is 16.4. The molecule has 0 aromatic heterocycles. The summed E-state index contributed by atoms with van der Waals surface area (Å²) in [4.78, 5) is 25.8. The third-order valence-corrected chi connectivity index (χ3v) is 7.77. The van der Waals surface area contributed by atoms with Crippen molar-refractivity contribution in [1.29, 1.82) is 15.8 Å². The SMILES string of the molecule is N#Cc1cccc2c1CC[C@@H]2N.N#Cc1cccc2c1CC[C@@H]2N.N#Cc1cccc2c1CC[C@@H]2N.O=C(O)[C@H](O)CO.O=C=O. The summed E-state index contributed by atoms with van der Waals surface area (Å²) >= 11 is 0. The summed E-state index contributed by atoms with van der Waals surface area (Å²) in [7, 11) is 0. The number of carboxylic acid groups (broad SMARTS) is 1. The number of nitrogens with zero attached hydrogens (tertiary/aromatic N) is 3. The largest absolute Gasteiger partial charge is 0.479 e. The summed E-state index contributed by atoms with van der Waals surface area (Å²) in [5.74, 6) is -1.40. The van der Waals surface area contributed by atoms with Gasteiger partial charge < -0.3 is 32.5 Å². The number of carbonyl (C=O) groups excluding carboxylic acids is 2. The molecule has 12 heteroatoms. The van der Waals surface area contributed by atoms with E-state index in [4.69, 9.17) is 57.9 Å². The zero-order valence-electron chi connectivity index (χ0n) is 25.1. The van der Waals surface area contributed by atoms with Crippen LogP contribution in [0.25, 0.3) is 0 Å². The van der Waals surface area contributed by atoms with E-state index in [9.17, 15) is 4.79 Å². The highest BCUT2D eigenvalue weighted by Crippen LogP contribution is 2.32. The number of fused-ring (bicyclic) bond motifs is 3. The molecule has 0 aliphatic heterocycles. The molecule has 0 saturated carbocycles. The van der Waals surface area contributed by atoms with Crippen molar-refractivity contribution in [3.05, 3.63) is 105 Å².